The van der Waals surface area contributed by atoms with E-state index < -0.39 is 17.5 Å². The Balaban J connectivity index is 2.25. The molecule has 0 radical (unpaired) electrons. The third-order valence-electron chi connectivity index (χ3n) is 3.66. The zero-order chi connectivity index (χ0) is 17.2. The number of amidine groups is 1. The van der Waals surface area contributed by atoms with Crippen molar-refractivity contribution in [3.63, 3.8) is 0 Å². The lowest BCUT2D eigenvalue weighted by Crippen LogP contribution is -2.52. The molecule has 1 aromatic carbocycles. The van der Waals surface area contributed by atoms with Crippen molar-refractivity contribution in [1.82, 2.24) is 9.80 Å². The van der Waals surface area contributed by atoms with Crippen molar-refractivity contribution >= 4 is 16.9 Å². The molecule has 0 atom stereocenters. The number of hydrogen-bond acceptors (Lipinski definition) is 4. The summed E-state index contributed by atoms with van der Waals surface area (Å²) in [5.74, 6) is -2.10. The van der Waals surface area contributed by atoms with Gasteiger partial charge in [0.05, 0.1) is 13.3 Å². The number of rotatable bonds is 3. The summed E-state index contributed by atoms with van der Waals surface area (Å²) in [5.41, 5.74) is 0.0422. The molecule has 2 rings (SSSR count). The second-order valence-electron chi connectivity index (χ2n) is 6.42. The van der Waals surface area contributed by atoms with Crippen molar-refractivity contribution in [3.8, 4) is 0 Å². The Morgan fingerprint density at radius 3 is 2.39 bits per heavy atom. The van der Waals surface area contributed by atoms with Gasteiger partial charge in [-0.3, -0.25) is 4.90 Å². The molecule has 0 unspecified atom stereocenters. The van der Waals surface area contributed by atoms with Crippen molar-refractivity contribution in [2.24, 2.45) is 4.99 Å². The standard InChI is InChI=1S/C16H22F3N3S/c1-5-23-15-20-9-22(16(2,3)4)10-21(15)8-11-6-13(18)14(19)7-12(11)17/h6-7H,5,8-10H2,1-4H3. The van der Waals surface area contributed by atoms with E-state index in [0.717, 1.165) is 17.0 Å². The lowest BCUT2D eigenvalue weighted by atomic mass is 10.1. The molecule has 0 aromatic heterocycles. The molecule has 0 amide bonds. The van der Waals surface area contributed by atoms with Gasteiger partial charge in [0.1, 0.15) is 5.82 Å². The van der Waals surface area contributed by atoms with Crippen LogP contribution in [0.2, 0.25) is 0 Å². The highest BCUT2D eigenvalue weighted by molar-refractivity contribution is 8.13. The molecular weight excluding hydrogens is 323 g/mol. The lowest BCUT2D eigenvalue weighted by Gasteiger charge is -2.42. The minimum Gasteiger partial charge on any atom is -0.334 e. The van der Waals surface area contributed by atoms with Gasteiger partial charge in [0.25, 0.3) is 0 Å². The fraction of sp³-hybridized carbons (Fsp3) is 0.562. The summed E-state index contributed by atoms with van der Waals surface area (Å²) < 4.78 is 40.4. The van der Waals surface area contributed by atoms with Crippen LogP contribution in [-0.2, 0) is 6.54 Å². The van der Waals surface area contributed by atoms with E-state index in [2.05, 4.69) is 30.7 Å². The van der Waals surface area contributed by atoms with Crippen molar-refractivity contribution in [3.05, 3.63) is 35.1 Å². The zero-order valence-electron chi connectivity index (χ0n) is 13.9. The van der Waals surface area contributed by atoms with Crippen LogP contribution in [0.5, 0.6) is 0 Å². The molecule has 0 bridgehead atoms. The topological polar surface area (TPSA) is 18.8 Å². The number of hydrogen-bond donors (Lipinski definition) is 0. The molecule has 0 aliphatic carbocycles. The summed E-state index contributed by atoms with van der Waals surface area (Å²) in [5, 5.41) is 0.803. The molecule has 23 heavy (non-hydrogen) atoms. The van der Waals surface area contributed by atoms with Gasteiger partial charge in [-0.05, 0) is 32.6 Å². The molecule has 7 heteroatoms. The molecule has 0 fully saturated rings. The van der Waals surface area contributed by atoms with Crippen LogP contribution in [0.15, 0.2) is 17.1 Å². The second kappa shape index (κ2) is 7.13. The normalized spacial score (nSPS) is 16.7. The Bertz CT molecular complexity index is 599. The Kier molecular flexibility index (Phi) is 5.62. The number of thioether (sulfide) groups is 1. The third kappa shape index (κ3) is 4.41. The summed E-state index contributed by atoms with van der Waals surface area (Å²) in [6.07, 6.45) is 0. The van der Waals surface area contributed by atoms with E-state index >= 15 is 0 Å². The van der Waals surface area contributed by atoms with Crippen LogP contribution >= 0.6 is 11.8 Å². The van der Waals surface area contributed by atoms with Crippen molar-refractivity contribution in [2.45, 2.75) is 39.8 Å². The highest BCUT2D eigenvalue weighted by Crippen LogP contribution is 2.24. The maximum absolute atomic E-state index is 13.9. The molecule has 0 spiro atoms. The number of aliphatic imine (C=N–C) groups is 1. The highest BCUT2D eigenvalue weighted by atomic mass is 32.2. The van der Waals surface area contributed by atoms with Gasteiger partial charge in [-0.15, -0.1) is 0 Å². The SMILES string of the molecule is CCSC1=NCN(C(C)(C)C)CN1Cc1cc(F)c(F)cc1F. The summed E-state index contributed by atoms with van der Waals surface area (Å²) in [7, 11) is 0. The van der Waals surface area contributed by atoms with Crippen LogP contribution in [0, 0.1) is 17.5 Å². The maximum Gasteiger partial charge on any atom is 0.161 e. The molecule has 1 aliphatic heterocycles. The second-order valence-corrected chi connectivity index (χ2v) is 7.65. The van der Waals surface area contributed by atoms with E-state index in [9.17, 15) is 13.2 Å². The smallest absolute Gasteiger partial charge is 0.161 e. The molecule has 0 saturated heterocycles. The van der Waals surface area contributed by atoms with Gasteiger partial charge in [0.2, 0.25) is 0 Å². The summed E-state index contributed by atoms with van der Waals surface area (Å²) in [6, 6.07) is 1.52. The van der Waals surface area contributed by atoms with E-state index in [1.54, 1.807) is 11.8 Å². The largest absolute Gasteiger partial charge is 0.334 e. The summed E-state index contributed by atoms with van der Waals surface area (Å²) in [6.45, 7) is 9.54. The van der Waals surface area contributed by atoms with Crippen molar-refractivity contribution < 1.29 is 13.2 Å². The predicted molar refractivity (Wildman–Crippen MR) is 88.8 cm³/mol. The van der Waals surface area contributed by atoms with Crippen LogP contribution in [0.25, 0.3) is 0 Å². The van der Waals surface area contributed by atoms with Gasteiger partial charge in [0.15, 0.2) is 16.8 Å². The van der Waals surface area contributed by atoms with Gasteiger partial charge in [0, 0.05) is 23.7 Å². The third-order valence-corrected chi connectivity index (χ3v) is 4.60. The van der Waals surface area contributed by atoms with Crippen LogP contribution in [0.3, 0.4) is 0 Å². The monoisotopic (exact) mass is 345 g/mol. The fourth-order valence-electron chi connectivity index (χ4n) is 2.26. The Labute approximate surface area is 139 Å². The molecule has 1 aliphatic rings. The van der Waals surface area contributed by atoms with Crippen molar-refractivity contribution in [2.75, 3.05) is 19.1 Å². The zero-order valence-corrected chi connectivity index (χ0v) is 14.7. The summed E-state index contributed by atoms with van der Waals surface area (Å²) >= 11 is 1.56. The number of nitrogens with zero attached hydrogens (tertiary/aromatic N) is 3. The van der Waals surface area contributed by atoms with Crippen LogP contribution in [0.1, 0.15) is 33.3 Å². The molecule has 0 saturated carbocycles. The molecule has 1 heterocycles. The molecule has 128 valence electrons. The molecule has 3 nitrogen and oxygen atoms in total. The fourth-order valence-corrected chi connectivity index (χ4v) is 2.97. The Morgan fingerprint density at radius 1 is 1.13 bits per heavy atom. The van der Waals surface area contributed by atoms with E-state index in [4.69, 9.17) is 0 Å². The number of benzene rings is 1. The average Bonchev–Trinajstić information content (AvgIpc) is 2.45. The first-order valence-electron chi connectivity index (χ1n) is 7.53. The van der Waals surface area contributed by atoms with Crippen LogP contribution in [0.4, 0.5) is 13.2 Å². The average molecular weight is 345 g/mol. The van der Waals surface area contributed by atoms with Gasteiger partial charge in [-0.25, -0.2) is 18.2 Å². The predicted octanol–water partition coefficient (Wildman–Crippen LogP) is 4.04. The van der Waals surface area contributed by atoms with Crippen LogP contribution < -0.4 is 0 Å². The van der Waals surface area contributed by atoms with E-state index in [1.165, 1.54) is 0 Å². The van der Waals surface area contributed by atoms with Crippen LogP contribution in [-0.4, -0.2) is 39.6 Å². The first-order valence-corrected chi connectivity index (χ1v) is 8.51. The summed E-state index contributed by atoms with van der Waals surface area (Å²) in [4.78, 5) is 8.60. The minimum absolute atomic E-state index is 0.0866. The van der Waals surface area contributed by atoms with Gasteiger partial charge < -0.3 is 4.90 Å². The van der Waals surface area contributed by atoms with E-state index in [0.29, 0.717) is 19.4 Å². The Morgan fingerprint density at radius 2 is 1.78 bits per heavy atom. The minimum atomic E-state index is -1.17. The maximum atomic E-state index is 13.9. The number of halogens is 3. The molecular formula is C16H22F3N3S. The molecule has 0 N–H and O–H groups in total. The van der Waals surface area contributed by atoms with E-state index in [1.807, 2.05) is 11.8 Å². The Hall–Kier alpha value is -1.21. The highest BCUT2D eigenvalue weighted by Gasteiger charge is 2.29. The van der Waals surface area contributed by atoms with Gasteiger partial charge in [-0.2, -0.15) is 0 Å². The lowest BCUT2D eigenvalue weighted by molar-refractivity contribution is 0.0771. The quantitative estimate of drug-likeness (QED) is 0.771. The van der Waals surface area contributed by atoms with Crippen molar-refractivity contribution in [1.29, 1.82) is 0 Å². The van der Waals surface area contributed by atoms with Gasteiger partial charge >= 0.3 is 0 Å². The van der Waals surface area contributed by atoms with Gasteiger partial charge in [-0.1, -0.05) is 18.7 Å². The first kappa shape index (κ1) is 18.1. The first-order chi connectivity index (χ1) is 10.7. The van der Waals surface area contributed by atoms with E-state index in [-0.39, 0.29) is 17.6 Å². The molecule has 1 aromatic rings.